The zero-order chi connectivity index (χ0) is 9.40. The van der Waals surface area contributed by atoms with Crippen LogP contribution >= 0.6 is 0 Å². The molecule has 0 bridgehead atoms. The van der Waals surface area contributed by atoms with E-state index in [9.17, 15) is 4.79 Å². The number of aromatic carboxylic acids is 1. The predicted octanol–water partition coefficient (Wildman–Crippen LogP) is -1.78. The van der Waals surface area contributed by atoms with Crippen LogP contribution in [0.15, 0.2) is 30.3 Å². The summed E-state index contributed by atoms with van der Waals surface area (Å²) >= 11 is 0. The lowest BCUT2D eigenvalue weighted by Gasteiger charge is -1.88. The minimum Gasteiger partial charge on any atom is -1.00 e. The first-order valence-electron chi connectivity index (χ1n) is 3.59. The quantitative estimate of drug-likeness (QED) is 0.567. The first kappa shape index (κ1) is 14.5. The van der Waals surface area contributed by atoms with E-state index < -0.39 is 5.97 Å². The predicted molar refractivity (Wildman–Crippen MR) is 48.4 cm³/mol. The van der Waals surface area contributed by atoms with Gasteiger partial charge in [-0.1, -0.05) is 18.2 Å². The Balaban J connectivity index is 0. The van der Waals surface area contributed by atoms with Crippen molar-refractivity contribution in [2.24, 2.45) is 0 Å². The molecule has 0 atom stereocenters. The molecule has 1 aromatic rings. The maximum absolute atomic E-state index is 10.2. The lowest BCUT2D eigenvalue weighted by atomic mass is 10.2. The van der Waals surface area contributed by atoms with Gasteiger partial charge in [0.05, 0.1) is 5.56 Å². The molecule has 0 fully saturated rings. The minimum atomic E-state index is -0.879. The summed E-state index contributed by atoms with van der Waals surface area (Å²) in [5.74, 6) is -0.879. The zero-order valence-electron chi connectivity index (χ0n) is 7.62. The molecule has 3 nitrogen and oxygen atoms in total. The summed E-state index contributed by atoms with van der Waals surface area (Å²) in [4.78, 5) is 10.2. The maximum atomic E-state index is 10.2. The number of rotatable bonds is 1. The largest absolute Gasteiger partial charge is 1.00 e. The van der Waals surface area contributed by atoms with E-state index >= 15 is 0 Å². The third-order valence-electron chi connectivity index (χ3n) is 1.02. The monoisotopic (exact) mass is 202 g/mol. The average Bonchev–Trinajstić information content (AvgIpc) is 2.07. The Hall–Kier alpha value is -1.06. The number of nitrogens with one attached hydrogen (secondary N) is 1. The number of carbonyl (C=O) groups is 1. The summed E-state index contributed by atoms with van der Waals surface area (Å²) < 4.78 is 0. The topological polar surface area (TPSA) is 49.3 Å². The lowest BCUT2D eigenvalue weighted by molar-refractivity contribution is -0.0000182. The van der Waals surface area contributed by atoms with Gasteiger partial charge in [0, 0.05) is 0 Å². The van der Waals surface area contributed by atoms with Crippen LogP contribution in [0.4, 0.5) is 0 Å². The number of halogens is 1. The molecule has 4 heteroatoms. The normalized spacial score (nSPS) is 7.54. The Bertz CT molecular complexity index is 226. The Labute approximate surface area is 84.2 Å². The van der Waals surface area contributed by atoms with Crippen LogP contribution in [0.2, 0.25) is 0 Å². The van der Waals surface area contributed by atoms with E-state index in [0.29, 0.717) is 5.56 Å². The molecule has 0 amide bonds. The van der Waals surface area contributed by atoms with Crippen LogP contribution in [0.3, 0.4) is 0 Å². The highest BCUT2D eigenvalue weighted by molar-refractivity contribution is 5.87. The van der Waals surface area contributed by atoms with Crippen molar-refractivity contribution in [2.75, 3.05) is 14.1 Å². The molecule has 13 heavy (non-hydrogen) atoms. The number of benzene rings is 1. The molecule has 0 aliphatic heterocycles. The second-order valence-corrected chi connectivity index (χ2v) is 2.17. The summed E-state index contributed by atoms with van der Waals surface area (Å²) in [5.41, 5.74) is 0.331. The molecular formula is C9H13ClNO2-. The van der Waals surface area contributed by atoms with Crippen molar-refractivity contribution in [3.63, 3.8) is 0 Å². The fourth-order valence-electron chi connectivity index (χ4n) is 0.581. The average molecular weight is 203 g/mol. The molecule has 0 unspecified atom stereocenters. The Morgan fingerprint density at radius 2 is 1.62 bits per heavy atom. The molecule has 0 saturated heterocycles. The van der Waals surface area contributed by atoms with Crippen LogP contribution in [0.1, 0.15) is 10.4 Å². The minimum absolute atomic E-state index is 0. The van der Waals surface area contributed by atoms with E-state index in [1.807, 2.05) is 14.1 Å². The lowest BCUT2D eigenvalue weighted by Crippen LogP contribution is -3.00. The maximum Gasteiger partial charge on any atom is 0.335 e. The Kier molecular flexibility index (Phi) is 10.0. The van der Waals surface area contributed by atoms with Gasteiger partial charge < -0.3 is 22.8 Å². The molecule has 0 spiro atoms. The third-order valence-corrected chi connectivity index (χ3v) is 1.02. The molecule has 0 aliphatic carbocycles. The zero-order valence-corrected chi connectivity index (χ0v) is 8.38. The molecule has 74 valence electrons. The molecule has 0 aliphatic rings. The molecule has 0 aromatic heterocycles. The van der Waals surface area contributed by atoms with Crippen molar-refractivity contribution in [1.82, 2.24) is 5.32 Å². The molecular weight excluding hydrogens is 190 g/mol. The summed E-state index contributed by atoms with van der Waals surface area (Å²) in [5, 5.41) is 11.1. The van der Waals surface area contributed by atoms with Crippen molar-refractivity contribution in [1.29, 1.82) is 0 Å². The van der Waals surface area contributed by atoms with Crippen LogP contribution < -0.4 is 17.7 Å². The van der Waals surface area contributed by atoms with Crippen molar-refractivity contribution in [3.05, 3.63) is 35.9 Å². The first-order valence-corrected chi connectivity index (χ1v) is 3.59. The van der Waals surface area contributed by atoms with Crippen molar-refractivity contribution >= 4 is 5.97 Å². The van der Waals surface area contributed by atoms with Gasteiger partial charge in [-0.15, -0.1) is 0 Å². The van der Waals surface area contributed by atoms with Crippen LogP contribution in [0, 0.1) is 0 Å². The summed E-state index contributed by atoms with van der Waals surface area (Å²) in [6.07, 6.45) is 0. The van der Waals surface area contributed by atoms with Gasteiger partial charge in [0.25, 0.3) is 0 Å². The van der Waals surface area contributed by atoms with E-state index in [1.165, 1.54) is 0 Å². The van der Waals surface area contributed by atoms with E-state index in [1.54, 1.807) is 30.3 Å². The van der Waals surface area contributed by atoms with E-state index in [-0.39, 0.29) is 12.4 Å². The highest BCUT2D eigenvalue weighted by Crippen LogP contribution is 1.96. The van der Waals surface area contributed by atoms with Gasteiger partial charge in [-0.3, -0.25) is 0 Å². The van der Waals surface area contributed by atoms with Crippen LogP contribution in [-0.2, 0) is 0 Å². The van der Waals surface area contributed by atoms with Gasteiger partial charge >= 0.3 is 5.97 Å². The summed E-state index contributed by atoms with van der Waals surface area (Å²) in [7, 11) is 3.75. The second kappa shape index (κ2) is 9.03. The van der Waals surface area contributed by atoms with E-state index in [4.69, 9.17) is 5.11 Å². The highest BCUT2D eigenvalue weighted by atomic mass is 35.5. The molecule has 1 aromatic carbocycles. The van der Waals surface area contributed by atoms with Crippen molar-refractivity contribution in [2.45, 2.75) is 0 Å². The standard InChI is InChI=1S/C7H6O2.C2H7N.ClH/c8-7(9)6-4-2-1-3-5-6;1-3-2;/h1-5H,(H,8,9);3H,1-2H3;1H/p-1. The molecule has 0 saturated carbocycles. The number of hydrogen-bond donors (Lipinski definition) is 2. The number of carboxylic acid groups (broad SMARTS) is 1. The second-order valence-electron chi connectivity index (χ2n) is 2.17. The first-order chi connectivity index (χ1) is 5.72. The van der Waals surface area contributed by atoms with Crippen molar-refractivity contribution in [3.8, 4) is 0 Å². The van der Waals surface area contributed by atoms with E-state index in [2.05, 4.69) is 5.32 Å². The summed E-state index contributed by atoms with van der Waals surface area (Å²) in [6, 6.07) is 8.30. The smallest absolute Gasteiger partial charge is 0.335 e. The molecule has 1 rings (SSSR count). The fraction of sp³-hybridized carbons (Fsp3) is 0.222. The third kappa shape index (κ3) is 7.31. The number of hydrogen-bond acceptors (Lipinski definition) is 2. The van der Waals surface area contributed by atoms with Gasteiger partial charge in [0.1, 0.15) is 0 Å². The molecule has 2 N–H and O–H groups in total. The fourth-order valence-corrected chi connectivity index (χ4v) is 0.581. The van der Waals surface area contributed by atoms with Crippen LogP contribution in [-0.4, -0.2) is 25.2 Å². The number of carboxylic acids is 1. The molecule has 0 heterocycles. The Morgan fingerprint density at radius 1 is 1.23 bits per heavy atom. The highest BCUT2D eigenvalue weighted by Gasteiger charge is 1.96. The molecule has 0 radical (unpaired) electrons. The van der Waals surface area contributed by atoms with Gasteiger partial charge in [0.2, 0.25) is 0 Å². The summed E-state index contributed by atoms with van der Waals surface area (Å²) in [6.45, 7) is 0. The van der Waals surface area contributed by atoms with Crippen LogP contribution in [0.25, 0.3) is 0 Å². The Morgan fingerprint density at radius 3 is 1.85 bits per heavy atom. The van der Waals surface area contributed by atoms with Crippen molar-refractivity contribution < 1.29 is 22.3 Å². The van der Waals surface area contributed by atoms with Gasteiger partial charge in [-0.05, 0) is 26.2 Å². The SMILES string of the molecule is CNC.O=C(O)c1ccccc1.[Cl-]. The van der Waals surface area contributed by atoms with Gasteiger partial charge in [-0.25, -0.2) is 4.79 Å². The van der Waals surface area contributed by atoms with Crippen LogP contribution in [0.5, 0.6) is 0 Å². The van der Waals surface area contributed by atoms with Gasteiger partial charge in [-0.2, -0.15) is 0 Å². The van der Waals surface area contributed by atoms with E-state index in [0.717, 1.165) is 0 Å². The van der Waals surface area contributed by atoms with Gasteiger partial charge in [0.15, 0.2) is 0 Å².